The second-order valence-electron chi connectivity index (χ2n) is 7.96. The molecule has 1 aromatic rings. The number of nitrogens with one attached hydrogen (secondary N) is 4. The third-order valence-corrected chi connectivity index (χ3v) is 6.00. The summed E-state index contributed by atoms with van der Waals surface area (Å²) in [5.41, 5.74) is 0.827. The lowest BCUT2D eigenvalue weighted by atomic mass is 10.2. The lowest BCUT2D eigenvalue weighted by molar-refractivity contribution is -1.01. The molecule has 29 heavy (non-hydrogen) atoms. The number of piperazine rings is 1. The van der Waals surface area contributed by atoms with Gasteiger partial charge in [0.2, 0.25) is 5.91 Å². The van der Waals surface area contributed by atoms with Crippen LogP contribution in [-0.4, -0.2) is 77.4 Å². The van der Waals surface area contributed by atoms with Crippen LogP contribution < -0.4 is 30.1 Å². The molecule has 2 fully saturated rings. The summed E-state index contributed by atoms with van der Waals surface area (Å²) in [5, 5.41) is 5.87. The van der Waals surface area contributed by atoms with E-state index < -0.39 is 0 Å². The maximum absolute atomic E-state index is 12.3. The Morgan fingerprint density at radius 3 is 2.52 bits per heavy atom. The molecule has 0 aliphatic carbocycles. The summed E-state index contributed by atoms with van der Waals surface area (Å²) in [6.45, 7) is 10.7. The van der Waals surface area contributed by atoms with Gasteiger partial charge in [0, 0.05) is 31.6 Å². The van der Waals surface area contributed by atoms with Crippen molar-refractivity contribution in [3.63, 3.8) is 0 Å². The van der Waals surface area contributed by atoms with Gasteiger partial charge < -0.3 is 30.1 Å². The van der Waals surface area contributed by atoms with Crippen LogP contribution in [0.3, 0.4) is 0 Å². The minimum absolute atomic E-state index is 0.0254. The van der Waals surface area contributed by atoms with E-state index in [2.05, 4.69) is 17.6 Å². The molecule has 3 amide bonds. The van der Waals surface area contributed by atoms with Crippen LogP contribution in [0.5, 0.6) is 5.75 Å². The van der Waals surface area contributed by atoms with Gasteiger partial charge in [-0.05, 0) is 31.2 Å². The molecule has 8 heteroatoms. The van der Waals surface area contributed by atoms with Crippen molar-refractivity contribution in [2.45, 2.75) is 25.8 Å². The molecule has 2 aliphatic rings. The van der Waals surface area contributed by atoms with E-state index in [0.717, 1.165) is 24.4 Å². The number of hydrogen-bond donors (Lipinski definition) is 4. The van der Waals surface area contributed by atoms with E-state index in [1.54, 1.807) is 21.8 Å². The molecule has 2 aliphatic heterocycles. The molecule has 4 N–H and O–H groups in total. The van der Waals surface area contributed by atoms with Gasteiger partial charge in [-0.2, -0.15) is 0 Å². The highest BCUT2D eigenvalue weighted by molar-refractivity contribution is 5.96. The van der Waals surface area contributed by atoms with Crippen LogP contribution >= 0.6 is 0 Å². The first-order chi connectivity index (χ1) is 14.1. The molecule has 8 nitrogen and oxygen atoms in total. The van der Waals surface area contributed by atoms with Gasteiger partial charge in [-0.25, -0.2) is 4.79 Å². The van der Waals surface area contributed by atoms with E-state index in [4.69, 9.17) is 4.74 Å². The lowest BCUT2D eigenvalue weighted by Gasteiger charge is -2.29. The Morgan fingerprint density at radius 1 is 1.17 bits per heavy atom. The van der Waals surface area contributed by atoms with E-state index in [1.807, 2.05) is 24.3 Å². The molecular weight excluding hydrogens is 370 g/mol. The normalized spacial score (nSPS) is 24.4. The van der Waals surface area contributed by atoms with Crippen LogP contribution in [0.1, 0.15) is 19.8 Å². The van der Waals surface area contributed by atoms with Crippen molar-refractivity contribution in [1.29, 1.82) is 0 Å². The van der Waals surface area contributed by atoms with Crippen molar-refractivity contribution in [3.8, 4) is 5.75 Å². The third kappa shape index (κ3) is 6.08. The summed E-state index contributed by atoms with van der Waals surface area (Å²) in [6, 6.07) is 7.05. The zero-order chi connectivity index (χ0) is 20.6. The average molecular weight is 406 g/mol. The molecule has 0 saturated carbocycles. The van der Waals surface area contributed by atoms with Gasteiger partial charge in [-0.15, -0.1) is 0 Å². The first-order valence-corrected chi connectivity index (χ1v) is 10.7. The van der Waals surface area contributed by atoms with Crippen LogP contribution in [0, 0.1) is 0 Å². The molecule has 0 unspecified atom stereocenters. The molecule has 160 valence electrons. The van der Waals surface area contributed by atoms with Crippen LogP contribution in [0.4, 0.5) is 10.5 Å². The van der Waals surface area contributed by atoms with E-state index in [9.17, 15) is 9.59 Å². The molecule has 0 bridgehead atoms. The number of anilines is 1. The Labute approximate surface area is 173 Å². The molecule has 2 heterocycles. The lowest BCUT2D eigenvalue weighted by Crippen LogP contribution is -3.28. The first-order valence-electron chi connectivity index (χ1n) is 10.7. The van der Waals surface area contributed by atoms with Crippen molar-refractivity contribution < 1.29 is 24.1 Å². The van der Waals surface area contributed by atoms with E-state index >= 15 is 0 Å². The van der Waals surface area contributed by atoms with Crippen molar-refractivity contribution >= 4 is 17.6 Å². The third-order valence-electron chi connectivity index (χ3n) is 6.00. The van der Waals surface area contributed by atoms with Gasteiger partial charge in [0.1, 0.15) is 31.9 Å². The van der Waals surface area contributed by atoms with E-state index in [1.165, 1.54) is 32.7 Å². The molecule has 0 radical (unpaired) electrons. The summed E-state index contributed by atoms with van der Waals surface area (Å²) < 4.78 is 5.16. The monoisotopic (exact) mass is 405 g/mol. The molecular formula is C21H35N5O3+2. The summed E-state index contributed by atoms with van der Waals surface area (Å²) >= 11 is 0. The Balaban J connectivity index is 1.34. The van der Waals surface area contributed by atoms with Gasteiger partial charge in [0.05, 0.1) is 26.2 Å². The zero-order valence-corrected chi connectivity index (χ0v) is 17.6. The van der Waals surface area contributed by atoms with E-state index in [0.29, 0.717) is 19.5 Å². The topological polar surface area (TPSA) is 79.6 Å². The molecule has 0 aromatic heterocycles. The number of urea groups is 1. The maximum atomic E-state index is 12.3. The van der Waals surface area contributed by atoms with E-state index in [-0.39, 0.29) is 18.0 Å². The van der Waals surface area contributed by atoms with Gasteiger partial charge in [-0.1, -0.05) is 0 Å². The summed E-state index contributed by atoms with van der Waals surface area (Å²) in [4.78, 5) is 29.6. The molecule has 1 aromatic carbocycles. The van der Waals surface area contributed by atoms with Crippen molar-refractivity contribution in [2.24, 2.45) is 0 Å². The predicted molar refractivity (Wildman–Crippen MR) is 112 cm³/mol. The minimum atomic E-state index is -0.186. The van der Waals surface area contributed by atoms with Gasteiger partial charge in [0.15, 0.2) is 0 Å². The fourth-order valence-electron chi connectivity index (χ4n) is 4.15. The van der Waals surface area contributed by atoms with Crippen LogP contribution in [-0.2, 0) is 4.79 Å². The van der Waals surface area contributed by atoms with Crippen molar-refractivity contribution in [1.82, 2.24) is 10.6 Å². The highest BCUT2D eigenvalue weighted by atomic mass is 16.5. The summed E-state index contributed by atoms with van der Waals surface area (Å²) in [7, 11) is 1.61. The summed E-state index contributed by atoms with van der Waals surface area (Å²) in [5.74, 6) is 0.780. The number of amides is 3. The Hall–Kier alpha value is -2.32. The number of likely N-dealkylation sites (N-methyl/N-ethyl adjacent to an activating group) is 1. The Bertz CT molecular complexity index is 673. The number of rotatable bonds is 8. The highest BCUT2D eigenvalue weighted by Gasteiger charge is 2.31. The number of nitrogens with zero attached hydrogens (tertiary/aromatic N) is 1. The SMILES string of the molecule is CC[NH+]1CC[NH+](CCCNC(=O)N[C@H]2CC(=O)N(c3ccc(OC)cc3)C2)CC1. The average Bonchev–Trinajstić information content (AvgIpc) is 3.11. The van der Waals surface area contributed by atoms with Crippen molar-refractivity contribution in [3.05, 3.63) is 24.3 Å². The second-order valence-corrected chi connectivity index (χ2v) is 7.96. The van der Waals surface area contributed by atoms with Crippen molar-refractivity contribution in [2.75, 3.05) is 64.4 Å². The van der Waals surface area contributed by atoms with Crippen LogP contribution in [0.15, 0.2) is 24.3 Å². The maximum Gasteiger partial charge on any atom is 0.315 e. The number of quaternary nitrogens is 2. The number of carbonyl (C=O) groups excluding carboxylic acids is 2. The second kappa shape index (κ2) is 10.5. The highest BCUT2D eigenvalue weighted by Crippen LogP contribution is 2.24. The van der Waals surface area contributed by atoms with Gasteiger partial charge in [-0.3, -0.25) is 4.79 Å². The number of ether oxygens (including phenoxy) is 1. The molecule has 3 rings (SSSR count). The molecule has 2 saturated heterocycles. The first kappa shape index (κ1) is 21.4. The zero-order valence-electron chi connectivity index (χ0n) is 17.6. The number of benzene rings is 1. The Morgan fingerprint density at radius 2 is 1.86 bits per heavy atom. The summed E-state index contributed by atoms with van der Waals surface area (Å²) in [6.07, 6.45) is 1.30. The van der Waals surface area contributed by atoms with Crippen LogP contribution in [0.25, 0.3) is 0 Å². The standard InChI is InChI=1S/C21H33N5O3/c1-3-24-11-13-25(14-12-24)10-4-9-22-21(28)23-17-15-20(27)26(16-17)18-5-7-19(29-2)8-6-18/h5-8,17H,3-4,9-16H2,1-2H3,(H2,22,23,28)/p+2/t17-/m0/s1. The molecule has 1 atom stereocenters. The number of hydrogen-bond acceptors (Lipinski definition) is 3. The Kier molecular flexibility index (Phi) is 7.71. The fourth-order valence-corrected chi connectivity index (χ4v) is 4.15. The number of methoxy groups -OCH3 is 1. The number of carbonyl (C=O) groups is 2. The van der Waals surface area contributed by atoms with Gasteiger partial charge >= 0.3 is 6.03 Å². The molecule has 0 spiro atoms. The van der Waals surface area contributed by atoms with Gasteiger partial charge in [0.25, 0.3) is 0 Å². The van der Waals surface area contributed by atoms with Crippen LogP contribution in [0.2, 0.25) is 0 Å². The fraction of sp³-hybridized carbons (Fsp3) is 0.619. The predicted octanol–water partition coefficient (Wildman–Crippen LogP) is -1.71. The largest absolute Gasteiger partial charge is 0.497 e. The smallest absolute Gasteiger partial charge is 0.315 e. The quantitative estimate of drug-likeness (QED) is 0.389. The minimum Gasteiger partial charge on any atom is -0.497 e.